The average Bonchev–Trinajstić information content (AvgIpc) is 2.75. The molecule has 20 heavy (non-hydrogen) atoms. The molecule has 0 aromatic carbocycles. The molecule has 2 aromatic rings. The number of nitrogens with zero attached hydrogens (tertiary/aromatic N) is 3. The Morgan fingerprint density at radius 1 is 1.40 bits per heavy atom. The molecule has 0 spiro atoms. The normalized spacial score (nSPS) is 12.2. The molecular weight excluding hydrogens is 274 g/mol. The van der Waals surface area contributed by atoms with Crippen molar-refractivity contribution < 1.29 is 4.74 Å². The topological polar surface area (TPSA) is 76.3 Å². The van der Waals surface area contributed by atoms with Gasteiger partial charge >= 0.3 is 0 Å². The van der Waals surface area contributed by atoms with Crippen LogP contribution in [-0.4, -0.2) is 41.1 Å². The van der Waals surface area contributed by atoms with Crippen molar-refractivity contribution in [1.82, 2.24) is 14.9 Å². The van der Waals surface area contributed by atoms with Gasteiger partial charge in [0, 0.05) is 10.4 Å². The summed E-state index contributed by atoms with van der Waals surface area (Å²) in [6.45, 7) is 6.80. The van der Waals surface area contributed by atoms with Crippen molar-refractivity contribution in [3.63, 3.8) is 0 Å². The van der Waals surface area contributed by atoms with Gasteiger partial charge in [0.05, 0.1) is 5.39 Å². The molecule has 2 rings (SSSR count). The number of rotatable bonds is 5. The summed E-state index contributed by atoms with van der Waals surface area (Å²) in [7, 11) is 4.06. The number of thiophene rings is 1. The zero-order chi connectivity index (χ0) is 14.9. The number of nitrogens with one attached hydrogen (secondary N) is 1. The van der Waals surface area contributed by atoms with E-state index in [4.69, 9.17) is 10.6 Å². The van der Waals surface area contributed by atoms with E-state index in [0.29, 0.717) is 18.4 Å². The molecule has 0 unspecified atom stereocenters. The lowest BCUT2D eigenvalue weighted by molar-refractivity contribution is 0.112. The van der Waals surface area contributed by atoms with Crippen molar-refractivity contribution in [2.45, 2.75) is 26.3 Å². The number of likely N-dealkylation sites (N-methyl/N-ethyl adjacent to an activating group) is 1. The van der Waals surface area contributed by atoms with Crippen LogP contribution < -0.4 is 16.0 Å². The third kappa shape index (κ3) is 3.00. The van der Waals surface area contributed by atoms with E-state index in [1.165, 1.54) is 4.88 Å². The van der Waals surface area contributed by atoms with Crippen molar-refractivity contribution in [2.24, 2.45) is 5.84 Å². The number of ether oxygens (including phenoxy) is 1. The van der Waals surface area contributed by atoms with Crippen LogP contribution in [-0.2, 0) is 0 Å². The lowest BCUT2D eigenvalue weighted by Gasteiger charge is -2.31. The Morgan fingerprint density at radius 3 is 2.70 bits per heavy atom. The second-order valence-corrected chi connectivity index (χ2v) is 6.80. The number of fused-ring (bicyclic) bond motifs is 1. The second-order valence-electron chi connectivity index (χ2n) is 5.57. The van der Waals surface area contributed by atoms with Crippen LogP contribution in [0, 0.1) is 6.92 Å². The van der Waals surface area contributed by atoms with Crippen molar-refractivity contribution in [2.75, 3.05) is 26.1 Å². The van der Waals surface area contributed by atoms with E-state index in [1.807, 2.05) is 27.1 Å². The van der Waals surface area contributed by atoms with E-state index in [-0.39, 0.29) is 5.54 Å². The molecule has 0 bridgehead atoms. The first-order valence-corrected chi connectivity index (χ1v) is 7.20. The zero-order valence-corrected chi connectivity index (χ0v) is 13.3. The van der Waals surface area contributed by atoms with E-state index in [0.717, 1.165) is 10.2 Å². The highest BCUT2D eigenvalue weighted by molar-refractivity contribution is 7.18. The maximum Gasteiger partial charge on any atom is 0.241 e. The summed E-state index contributed by atoms with van der Waals surface area (Å²) in [6.07, 6.45) is 0. The number of aryl methyl sites for hydroxylation is 1. The molecule has 110 valence electrons. The van der Waals surface area contributed by atoms with Crippen LogP contribution in [0.3, 0.4) is 0 Å². The molecule has 0 saturated heterocycles. The lowest BCUT2D eigenvalue weighted by atomic mass is 10.1. The Hall–Kier alpha value is -1.44. The van der Waals surface area contributed by atoms with Gasteiger partial charge in [-0.15, -0.1) is 11.3 Å². The van der Waals surface area contributed by atoms with E-state index < -0.39 is 0 Å². The van der Waals surface area contributed by atoms with E-state index in [1.54, 1.807) is 11.3 Å². The molecule has 3 N–H and O–H groups in total. The molecule has 7 heteroatoms. The van der Waals surface area contributed by atoms with Crippen LogP contribution >= 0.6 is 11.3 Å². The number of hydrogen-bond acceptors (Lipinski definition) is 7. The molecule has 0 atom stereocenters. The Bertz CT molecular complexity index is 608. The Kier molecular flexibility index (Phi) is 4.12. The summed E-state index contributed by atoms with van der Waals surface area (Å²) in [6, 6.07) is 2.04. The van der Waals surface area contributed by atoms with Crippen LogP contribution in [0.1, 0.15) is 18.7 Å². The van der Waals surface area contributed by atoms with Crippen LogP contribution in [0.25, 0.3) is 10.2 Å². The summed E-state index contributed by atoms with van der Waals surface area (Å²) in [4.78, 5) is 12.8. The van der Waals surface area contributed by atoms with E-state index >= 15 is 0 Å². The Labute approximate surface area is 122 Å². The molecule has 2 aromatic heterocycles. The molecule has 2 heterocycles. The highest BCUT2D eigenvalue weighted by atomic mass is 32.1. The number of aromatic nitrogens is 2. The summed E-state index contributed by atoms with van der Waals surface area (Å²) in [5, 5.41) is 0.932. The fourth-order valence-electron chi connectivity index (χ4n) is 1.56. The minimum Gasteiger partial charge on any atom is -0.475 e. The monoisotopic (exact) mass is 295 g/mol. The summed E-state index contributed by atoms with van der Waals surface area (Å²) in [5.41, 5.74) is 2.40. The minimum absolute atomic E-state index is 0.0847. The maximum atomic E-state index is 5.92. The Morgan fingerprint density at radius 2 is 2.10 bits per heavy atom. The maximum absolute atomic E-state index is 5.92. The standard InChI is InChI=1S/C13H21N5OS/c1-8-6-9-10(19-7-13(2,3)18(4)5)15-12(17-14)16-11(9)20-8/h6H,7,14H2,1-5H3,(H,15,16,17). The van der Waals surface area contributed by atoms with Crippen LogP contribution in [0.2, 0.25) is 0 Å². The van der Waals surface area contributed by atoms with Crippen molar-refractivity contribution in [1.29, 1.82) is 0 Å². The number of anilines is 1. The van der Waals surface area contributed by atoms with Gasteiger partial charge in [-0.05, 0) is 40.9 Å². The van der Waals surface area contributed by atoms with Gasteiger partial charge in [0.15, 0.2) is 0 Å². The number of nitrogens with two attached hydrogens (primary N) is 1. The van der Waals surface area contributed by atoms with E-state index in [9.17, 15) is 0 Å². The molecule has 0 aliphatic rings. The predicted molar refractivity (Wildman–Crippen MR) is 83.2 cm³/mol. The van der Waals surface area contributed by atoms with E-state index in [2.05, 4.69) is 34.1 Å². The number of hydrazine groups is 1. The third-order valence-electron chi connectivity index (χ3n) is 3.38. The first-order chi connectivity index (χ1) is 9.33. The Balaban J connectivity index is 2.33. The van der Waals surface area contributed by atoms with Crippen LogP contribution in [0.5, 0.6) is 5.88 Å². The van der Waals surface area contributed by atoms with Gasteiger partial charge in [0.2, 0.25) is 11.8 Å². The van der Waals surface area contributed by atoms with Gasteiger partial charge in [-0.2, -0.15) is 4.98 Å². The summed E-state index contributed by atoms with van der Waals surface area (Å²) < 4.78 is 5.92. The van der Waals surface area contributed by atoms with Crippen molar-refractivity contribution in [3.8, 4) is 5.88 Å². The van der Waals surface area contributed by atoms with Gasteiger partial charge in [0.1, 0.15) is 11.4 Å². The average molecular weight is 295 g/mol. The number of nitrogen functional groups attached to an aromatic ring is 1. The van der Waals surface area contributed by atoms with Gasteiger partial charge in [-0.1, -0.05) is 0 Å². The predicted octanol–water partition coefficient (Wildman–Crippen LogP) is 2.00. The van der Waals surface area contributed by atoms with Gasteiger partial charge in [0.25, 0.3) is 0 Å². The molecule has 0 aliphatic heterocycles. The summed E-state index contributed by atoms with van der Waals surface area (Å²) in [5.74, 6) is 6.36. The molecular formula is C13H21N5OS. The minimum atomic E-state index is -0.0847. The fraction of sp³-hybridized carbons (Fsp3) is 0.538. The van der Waals surface area contributed by atoms with Crippen molar-refractivity contribution >= 4 is 27.5 Å². The largest absolute Gasteiger partial charge is 0.475 e. The summed E-state index contributed by atoms with van der Waals surface area (Å²) >= 11 is 1.60. The first kappa shape index (κ1) is 15.0. The lowest BCUT2D eigenvalue weighted by Crippen LogP contribution is -2.43. The fourth-order valence-corrected chi connectivity index (χ4v) is 2.43. The van der Waals surface area contributed by atoms with Gasteiger partial charge < -0.3 is 9.64 Å². The van der Waals surface area contributed by atoms with Crippen LogP contribution in [0.4, 0.5) is 5.95 Å². The molecule has 0 fully saturated rings. The molecule has 0 radical (unpaired) electrons. The first-order valence-electron chi connectivity index (χ1n) is 6.38. The van der Waals surface area contributed by atoms with Crippen molar-refractivity contribution in [3.05, 3.63) is 10.9 Å². The smallest absolute Gasteiger partial charge is 0.241 e. The highest BCUT2D eigenvalue weighted by Crippen LogP contribution is 2.31. The molecule has 0 amide bonds. The molecule has 0 aliphatic carbocycles. The SMILES string of the molecule is Cc1cc2c(OCC(C)(C)N(C)C)nc(NN)nc2s1. The number of hydrogen-bond donors (Lipinski definition) is 2. The van der Waals surface area contributed by atoms with Gasteiger partial charge in [-0.25, -0.2) is 10.8 Å². The van der Waals surface area contributed by atoms with Crippen LogP contribution in [0.15, 0.2) is 6.07 Å². The quantitative estimate of drug-likeness (QED) is 0.649. The molecule has 0 saturated carbocycles. The zero-order valence-electron chi connectivity index (χ0n) is 12.5. The highest BCUT2D eigenvalue weighted by Gasteiger charge is 2.22. The second kappa shape index (κ2) is 5.51. The van der Waals surface area contributed by atoms with Gasteiger partial charge in [-0.3, -0.25) is 5.43 Å². The molecule has 6 nitrogen and oxygen atoms in total. The third-order valence-corrected chi connectivity index (χ3v) is 4.33.